The number of alkyl halides is 1. The topological polar surface area (TPSA) is 29.5 Å². The number of amides is 1. The van der Waals surface area contributed by atoms with E-state index in [9.17, 15) is 9.18 Å². The number of rotatable bonds is 2. The van der Waals surface area contributed by atoms with Gasteiger partial charge in [-0.15, -0.1) is 11.6 Å². The van der Waals surface area contributed by atoms with Gasteiger partial charge in [0.15, 0.2) is 0 Å². The van der Waals surface area contributed by atoms with Crippen LogP contribution in [0.2, 0.25) is 5.02 Å². The van der Waals surface area contributed by atoms with Gasteiger partial charge in [0.05, 0.1) is 23.6 Å². The van der Waals surface area contributed by atoms with Crippen LogP contribution in [0.1, 0.15) is 10.4 Å². The third-order valence-corrected chi connectivity index (χ3v) is 3.40. The van der Waals surface area contributed by atoms with Gasteiger partial charge in [0, 0.05) is 18.7 Å². The van der Waals surface area contributed by atoms with Crippen molar-refractivity contribution >= 4 is 29.1 Å². The first-order valence-corrected chi connectivity index (χ1v) is 6.45. The van der Waals surface area contributed by atoms with Gasteiger partial charge in [-0.2, -0.15) is 0 Å². The molecule has 1 amide bonds. The molecule has 0 aliphatic carbocycles. The number of benzene rings is 1. The van der Waals surface area contributed by atoms with E-state index in [-0.39, 0.29) is 17.0 Å². The Kier molecular flexibility index (Phi) is 4.43. The van der Waals surface area contributed by atoms with Crippen LogP contribution in [0.4, 0.5) is 4.39 Å². The molecule has 0 bridgehead atoms. The molecule has 1 aliphatic rings. The Morgan fingerprint density at radius 3 is 3.00 bits per heavy atom. The van der Waals surface area contributed by atoms with Crippen molar-refractivity contribution in [2.45, 2.75) is 6.10 Å². The first kappa shape index (κ1) is 13.6. The molecule has 98 valence electrons. The molecule has 6 heteroatoms. The van der Waals surface area contributed by atoms with Gasteiger partial charge in [0.25, 0.3) is 5.91 Å². The van der Waals surface area contributed by atoms with E-state index in [0.717, 1.165) is 0 Å². The van der Waals surface area contributed by atoms with Crippen molar-refractivity contribution in [1.82, 2.24) is 4.90 Å². The van der Waals surface area contributed by atoms with Crippen LogP contribution < -0.4 is 0 Å². The number of hydrogen-bond donors (Lipinski definition) is 0. The Hall–Kier alpha value is -0.840. The molecule has 1 aromatic carbocycles. The number of carbonyl (C=O) groups is 1. The van der Waals surface area contributed by atoms with Gasteiger partial charge >= 0.3 is 0 Å². The Bertz CT molecular complexity index is 456. The molecule has 0 radical (unpaired) electrons. The minimum atomic E-state index is -0.533. The second-order valence-corrected chi connectivity index (χ2v) is 4.74. The van der Waals surface area contributed by atoms with Gasteiger partial charge in [0.1, 0.15) is 5.82 Å². The fraction of sp³-hybridized carbons (Fsp3) is 0.417. The zero-order valence-corrected chi connectivity index (χ0v) is 11.0. The van der Waals surface area contributed by atoms with E-state index < -0.39 is 5.82 Å². The molecule has 0 N–H and O–H groups in total. The maximum Gasteiger partial charge on any atom is 0.254 e. The molecule has 1 aromatic rings. The number of carbonyl (C=O) groups excluding carboxylic acids is 1. The largest absolute Gasteiger partial charge is 0.373 e. The maximum absolute atomic E-state index is 13.0. The first-order chi connectivity index (χ1) is 8.61. The average Bonchev–Trinajstić information content (AvgIpc) is 2.41. The summed E-state index contributed by atoms with van der Waals surface area (Å²) < 4.78 is 18.4. The highest BCUT2D eigenvalue weighted by atomic mass is 35.5. The first-order valence-electron chi connectivity index (χ1n) is 5.53. The number of nitrogens with zero attached hydrogens (tertiary/aromatic N) is 1. The standard InChI is InChI=1S/C12H12Cl2FNO2/c13-6-9-7-16(3-4-18-9)12(17)8-1-2-11(15)10(14)5-8/h1-2,5,9H,3-4,6-7H2. The van der Waals surface area contributed by atoms with Crippen LogP contribution in [0.15, 0.2) is 18.2 Å². The third kappa shape index (κ3) is 2.94. The van der Waals surface area contributed by atoms with Crippen molar-refractivity contribution in [3.63, 3.8) is 0 Å². The Labute approximate surface area is 114 Å². The van der Waals surface area contributed by atoms with Crippen molar-refractivity contribution in [2.24, 2.45) is 0 Å². The second kappa shape index (κ2) is 5.87. The minimum Gasteiger partial charge on any atom is -0.373 e. The van der Waals surface area contributed by atoms with Gasteiger partial charge in [-0.3, -0.25) is 4.79 Å². The van der Waals surface area contributed by atoms with Crippen LogP contribution in [0.3, 0.4) is 0 Å². The molecule has 1 heterocycles. The van der Waals surface area contributed by atoms with Gasteiger partial charge in [-0.1, -0.05) is 11.6 Å². The van der Waals surface area contributed by atoms with E-state index >= 15 is 0 Å². The number of halogens is 3. The Morgan fingerprint density at radius 2 is 2.33 bits per heavy atom. The lowest BCUT2D eigenvalue weighted by Crippen LogP contribution is -2.46. The van der Waals surface area contributed by atoms with E-state index in [2.05, 4.69) is 0 Å². The summed E-state index contributed by atoms with van der Waals surface area (Å²) in [5.41, 5.74) is 0.372. The van der Waals surface area contributed by atoms with Crippen LogP contribution in [0, 0.1) is 5.82 Å². The van der Waals surface area contributed by atoms with E-state index in [4.69, 9.17) is 27.9 Å². The number of ether oxygens (including phenoxy) is 1. The van der Waals surface area contributed by atoms with Crippen LogP contribution in [0.25, 0.3) is 0 Å². The quantitative estimate of drug-likeness (QED) is 0.784. The Morgan fingerprint density at radius 1 is 1.56 bits per heavy atom. The van der Waals surface area contributed by atoms with Crippen molar-refractivity contribution in [3.05, 3.63) is 34.6 Å². The average molecular weight is 292 g/mol. The summed E-state index contributed by atoms with van der Waals surface area (Å²) in [7, 11) is 0. The summed E-state index contributed by atoms with van der Waals surface area (Å²) >= 11 is 11.4. The molecular formula is C12H12Cl2FNO2. The zero-order valence-electron chi connectivity index (χ0n) is 9.54. The van der Waals surface area contributed by atoms with Crippen LogP contribution in [-0.4, -0.2) is 42.5 Å². The lowest BCUT2D eigenvalue weighted by atomic mass is 10.1. The Balaban J connectivity index is 2.12. The molecule has 0 saturated carbocycles. The molecule has 1 unspecified atom stereocenters. The van der Waals surface area contributed by atoms with Crippen LogP contribution in [0.5, 0.6) is 0 Å². The predicted molar refractivity (Wildman–Crippen MR) is 67.8 cm³/mol. The summed E-state index contributed by atoms with van der Waals surface area (Å²) in [5.74, 6) is -0.377. The summed E-state index contributed by atoms with van der Waals surface area (Å²) in [6.07, 6.45) is -0.153. The highest BCUT2D eigenvalue weighted by Crippen LogP contribution is 2.18. The minimum absolute atomic E-state index is 0.0528. The van der Waals surface area contributed by atoms with Crippen molar-refractivity contribution < 1.29 is 13.9 Å². The summed E-state index contributed by atoms with van der Waals surface area (Å²) in [4.78, 5) is 13.8. The predicted octanol–water partition coefficient (Wildman–Crippen LogP) is 2.56. The van der Waals surface area contributed by atoms with E-state index in [1.165, 1.54) is 18.2 Å². The lowest BCUT2D eigenvalue weighted by molar-refractivity contribution is -0.0108. The normalized spacial score (nSPS) is 19.9. The van der Waals surface area contributed by atoms with Gasteiger partial charge in [-0.05, 0) is 18.2 Å². The fourth-order valence-corrected chi connectivity index (χ4v) is 2.18. The molecule has 0 spiro atoms. The summed E-state index contributed by atoms with van der Waals surface area (Å²) in [5, 5.41) is -0.0528. The summed E-state index contributed by atoms with van der Waals surface area (Å²) in [6.45, 7) is 1.40. The third-order valence-electron chi connectivity index (χ3n) is 2.76. The number of hydrogen-bond acceptors (Lipinski definition) is 2. The lowest BCUT2D eigenvalue weighted by Gasteiger charge is -2.32. The summed E-state index contributed by atoms with van der Waals surface area (Å²) in [6, 6.07) is 3.95. The van der Waals surface area contributed by atoms with Crippen LogP contribution >= 0.6 is 23.2 Å². The van der Waals surface area contributed by atoms with E-state index in [0.29, 0.717) is 31.1 Å². The number of morpholine rings is 1. The fourth-order valence-electron chi connectivity index (χ4n) is 1.81. The molecule has 1 aliphatic heterocycles. The highest BCUT2D eigenvalue weighted by molar-refractivity contribution is 6.31. The molecule has 18 heavy (non-hydrogen) atoms. The molecule has 1 saturated heterocycles. The zero-order chi connectivity index (χ0) is 13.1. The molecule has 0 aromatic heterocycles. The maximum atomic E-state index is 13.0. The van der Waals surface area contributed by atoms with Crippen molar-refractivity contribution in [2.75, 3.05) is 25.6 Å². The van der Waals surface area contributed by atoms with Crippen molar-refractivity contribution in [1.29, 1.82) is 0 Å². The molecule has 1 fully saturated rings. The van der Waals surface area contributed by atoms with E-state index in [1.807, 2.05) is 0 Å². The monoisotopic (exact) mass is 291 g/mol. The smallest absolute Gasteiger partial charge is 0.254 e. The molecule has 1 atom stereocenters. The molecule has 3 nitrogen and oxygen atoms in total. The molecule has 2 rings (SSSR count). The highest BCUT2D eigenvalue weighted by Gasteiger charge is 2.24. The van der Waals surface area contributed by atoms with Gasteiger partial charge in [0.2, 0.25) is 0 Å². The second-order valence-electron chi connectivity index (χ2n) is 4.03. The van der Waals surface area contributed by atoms with Crippen molar-refractivity contribution in [3.8, 4) is 0 Å². The van der Waals surface area contributed by atoms with E-state index in [1.54, 1.807) is 4.90 Å². The van der Waals surface area contributed by atoms with Crippen LogP contribution in [-0.2, 0) is 4.74 Å². The van der Waals surface area contributed by atoms with Gasteiger partial charge < -0.3 is 9.64 Å². The molecular weight excluding hydrogens is 280 g/mol. The van der Waals surface area contributed by atoms with Gasteiger partial charge in [-0.25, -0.2) is 4.39 Å². The SMILES string of the molecule is O=C(c1ccc(F)c(Cl)c1)N1CCOC(CCl)C1.